The summed E-state index contributed by atoms with van der Waals surface area (Å²) in [6.07, 6.45) is 2.88. The molecule has 0 bridgehead atoms. The molecule has 0 aromatic heterocycles. The van der Waals surface area contributed by atoms with Crippen LogP contribution in [0, 0.1) is 0 Å². The van der Waals surface area contributed by atoms with Crippen LogP contribution in [-0.4, -0.2) is 44.6 Å². The summed E-state index contributed by atoms with van der Waals surface area (Å²) in [7, 11) is 4.77. The summed E-state index contributed by atoms with van der Waals surface area (Å²) >= 11 is 0. The van der Waals surface area contributed by atoms with Gasteiger partial charge in [-0.1, -0.05) is 12.1 Å². The molecule has 0 unspecified atom stereocenters. The summed E-state index contributed by atoms with van der Waals surface area (Å²) in [5.41, 5.74) is 0.815. The molecular formula is C14H17NO4. The molecule has 0 saturated heterocycles. The number of methoxy groups -OCH3 is 1. The van der Waals surface area contributed by atoms with Gasteiger partial charge >= 0.3 is 5.97 Å². The first-order chi connectivity index (χ1) is 9.02. The van der Waals surface area contributed by atoms with Gasteiger partial charge in [-0.25, -0.2) is 4.79 Å². The van der Waals surface area contributed by atoms with Crippen LogP contribution in [0.2, 0.25) is 0 Å². The number of ether oxygens (including phenoxy) is 2. The Morgan fingerprint density at radius 3 is 2.68 bits per heavy atom. The molecule has 0 aliphatic rings. The molecule has 0 N–H and O–H groups in total. The van der Waals surface area contributed by atoms with Crippen molar-refractivity contribution in [2.45, 2.75) is 0 Å². The molecule has 102 valence electrons. The van der Waals surface area contributed by atoms with Crippen LogP contribution < -0.4 is 4.74 Å². The number of amides is 1. The highest BCUT2D eigenvalue weighted by Gasteiger charge is 2.06. The highest BCUT2D eigenvalue weighted by atomic mass is 16.5. The maximum absolute atomic E-state index is 11.4. The predicted octanol–water partition coefficient (Wildman–Crippen LogP) is 1.34. The molecule has 1 amide bonds. The third kappa shape index (κ3) is 5.25. The van der Waals surface area contributed by atoms with Gasteiger partial charge in [0.1, 0.15) is 5.75 Å². The maximum atomic E-state index is 11.4. The number of benzene rings is 1. The van der Waals surface area contributed by atoms with Gasteiger partial charge in [-0.15, -0.1) is 0 Å². The average Bonchev–Trinajstić information content (AvgIpc) is 2.42. The van der Waals surface area contributed by atoms with Gasteiger partial charge in [0.25, 0.3) is 5.91 Å². The van der Waals surface area contributed by atoms with Crippen molar-refractivity contribution in [2.75, 3.05) is 27.8 Å². The van der Waals surface area contributed by atoms with Gasteiger partial charge in [0, 0.05) is 20.2 Å². The highest BCUT2D eigenvalue weighted by molar-refractivity contribution is 5.89. The quantitative estimate of drug-likeness (QED) is 0.594. The summed E-state index contributed by atoms with van der Waals surface area (Å²) < 4.78 is 9.86. The van der Waals surface area contributed by atoms with Gasteiger partial charge in [0.15, 0.2) is 6.61 Å². The number of hydrogen-bond acceptors (Lipinski definition) is 4. The number of nitrogens with zero attached hydrogens (tertiary/aromatic N) is 1. The predicted molar refractivity (Wildman–Crippen MR) is 71.7 cm³/mol. The lowest BCUT2D eigenvalue weighted by molar-refractivity contribution is -0.146. The highest BCUT2D eigenvalue weighted by Crippen LogP contribution is 2.13. The SMILES string of the molecule is COc1cccc(C=CC(=O)OCC(=O)N(C)C)c1. The fourth-order valence-electron chi connectivity index (χ4n) is 1.22. The maximum Gasteiger partial charge on any atom is 0.331 e. The van der Waals surface area contributed by atoms with Crippen LogP contribution in [0.1, 0.15) is 5.56 Å². The monoisotopic (exact) mass is 263 g/mol. The first kappa shape index (κ1) is 14.8. The molecule has 5 heteroatoms. The second-order valence-corrected chi connectivity index (χ2v) is 4.01. The Kier molecular flexibility index (Phi) is 5.60. The Morgan fingerprint density at radius 1 is 1.32 bits per heavy atom. The number of carbonyl (C=O) groups is 2. The average molecular weight is 263 g/mol. The summed E-state index contributed by atoms with van der Waals surface area (Å²) in [4.78, 5) is 24.0. The van der Waals surface area contributed by atoms with Crippen LogP contribution in [0.5, 0.6) is 5.75 Å². The molecule has 19 heavy (non-hydrogen) atoms. The topological polar surface area (TPSA) is 55.8 Å². The van der Waals surface area contributed by atoms with Crippen LogP contribution in [0.25, 0.3) is 6.08 Å². The van der Waals surface area contributed by atoms with E-state index in [4.69, 9.17) is 9.47 Å². The molecule has 0 heterocycles. The van der Waals surface area contributed by atoms with E-state index in [1.54, 1.807) is 33.3 Å². The first-order valence-corrected chi connectivity index (χ1v) is 5.72. The minimum Gasteiger partial charge on any atom is -0.497 e. The molecule has 0 aliphatic carbocycles. The van der Waals surface area contributed by atoms with E-state index in [9.17, 15) is 9.59 Å². The van der Waals surface area contributed by atoms with Gasteiger partial charge in [-0.3, -0.25) is 4.79 Å². The van der Waals surface area contributed by atoms with Crippen LogP contribution in [0.15, 0.2) is 30.3 Å². The van der Waals surface area contributed by atoms with E-state index in [1.807, 2.05) is 18.2 Å². The molecule has 0 fully saturated rings. The Hall–Kier alpha value is -2.30. The lowest BCUT2D eigenvalue weighted by Gasteiger charge is -2.09. The Labute approximate surface area is 112 Å². The van der Waals surface area contributed by atoms with Crippen molar-refractivity contribution >= 4 is 18.0 Å². The molecule has 0 aliphatic heterocycles. The molecule has 1 rings (SSSR count). The standard InChI is InChI=1S/C14H17NO4/c1-15(2)13(16)10-19-14(17)8-7-11-5-4-6-12(9-11)18-3/h4-9H,10H2,1-3H3. The van der Waals surface area contributed by atoms with E-state index in [1.165, 1.54) is 11.0 Å². The molecule has 0 atom stereocenters. The van der Waals surface area contributed by atoms with Gasteiger partial charge in [0.05, 0.1) is 7.11 Å². The zero-order chi connectivity index (χ0) is 14.3. The summed E-state index contributed by atoms with van der Waals surface area (Å²) in [5.74, 6) is -0.112. The second kappa shape index (κ2) is 7.20. The number of likely N-dealkylation sites (N-methyl/N-ethyl adjacent to an activating group) is 1. The molecule has 1 aromatic carbocycles. The van der Waals surface area contributed by atoms with E-state index >= 15 is 0 Å². The van der Waals surface area contributed by atoms with E-state index in [2.05, 4.69) is 0 Å². The zero-order valence-electron chi connectivity index (χ0n) is 11.3. The normalized spacial score (nSPS) is 10.3. The minimum absolute atomic E-state index is 0.256. The first-order valence-electron chi connectivity index (χ1n) is 5.72. The molecule has 0 saturated carbocycles. The molecule has 0 radical (unpaired) electrons. The van der Waals surface area contributed by atoms with E-state index in [-0.39, 0.29) is 12.5 Å². The number of hydrogen-bond donors (Lipinski definition) is 0. The third-order valence-electron chi connectivity index (χ3n) is 2.34. The van der Waals surface area contributed by atoms with Gasteiger partial charge in [0.2, 0.25) is 0 Å². The van der Waals surface area contributed by atoms with Crippen molar-refractivity contribution in [1.82, 2.24) is 4.90 Å². The van der Waals surface area contributed by atoms with Crippen molar-refractivity contribution < 1.29 is 19.1 Å². The van der Waals surface area contributed by atoms with Gasteiger partial charge < -0.3 is 14.4 Å². The largest absolute Gasteiger partial charge is 0.497 e. The number of rotatable bonds is 5. The van der Waals surface area contributed by atoms with E-state index < -0.39 is 5.97 Å². The second-order valence-electron chi connectivity index (χ2n) is 4.01. The molecule has 0 spiro atoms. The van der Waals surface area contributed by atoms with Crippen LogP contribution in [-0.2, 0) is 14.3 Å². The smallest absolute Gasteiger partial charge is 0.331 e. The van der Waals surface area contributed by atoms with Gasteiger partial charge in [-0.05, 0) is 23.8 Å². The zero-order valence-corrected chi connectivity index (χ0v) is 11.3. The fourth-order valence-corrected chi connectivity index (χ4v) is 1.22. The summed E-state index contributed by atoms with van der Waals surface area (Å²) in [5, 5.41) is 0. The fraction of sp³-hybridized carbons (Fsp3) is 0.286. The lowest BCUT2D eigenvalue weighted by Crippen LogP contribution is -2.27. The Morgan fingerprint density at radius 2 is 2.05 bits per heavy atom. The van der Waals surface area contributed by atoms with Crippen molar-refractivity contribution in [3.63, 3.8) is 0 Å². The van der Waals surface area contributed by atoms with Crippen molar-refractivity contribution in [3.05, 3.63) is 35.9 Å². The Bertz CT molecular complexity index is 480. The van der Waals surface area contributed by atoms with Crippen molar-refractivity contribution in [1.29, 1.82) is 0 Å². The Balaban J connectivity index is 2.51. The molecular weight excluding hydrogens is 246 g/mol. The van der Waals surface area contributed by atoms with Crippen LogP contribution >= 0.6 is 0 Å². The summed E-state index contributed by atoms with van der Waals surface area (Å²) in [6.45, 7) is -0.256. The van der Waals surface area contributed by atoms with E-state index in [0.717, 1.165) is 5.56 Å². The molecule has 5 nitrogen and oxygen atoms in total. The number of carbonyl (C=O) groups excluding carboxylic acids is 2. The van der Waals surface area contributed by atoms with Crippen molar-refractivity contribution in [2.24, 2.45) is 0 Å². The van der Waals surface area contributed by atoms with Gasteiger partial charge in [-0.2, -0.15) is 0 Å². The molecule has 1 aromatic rings. The van der Waals surface area contributed by atoms with E-state index in [0.29, 0.717) is 5.75 Å². The van der Waals surface area contributed by atoms with Crippen LogP contribution in [0.4, 0.5) is 0 Å². The minimum atomic E-state index is -0.557. The third-order valence-corrected chi connectivity index (χ3v) is 2.34. The van der Waals surface area contributed by atoms with Crippen LogP contribution in [0.3, 0.4) is 0 Å². The van der Waals surface area contributed by atoms with Crippen molar-refractivity contribution in [3.8, 4) is 5.75 Å². The summed E-state index contributed by atoms with van der Waals surface area (Å²) in [6, 6.07) is 7.25. The number of esters is 1. The lowest BCUT2D eigenvalue weighted by atomic mass is 10.2.